The van der Waals surface area contributed by atoms with Crippen LogP contribution in [0.3, 0.4) is 0 Å². The van der Waals surface area contributed by atoms with Gasteiger partial charge in [-0.15, -0.1) is 11.8 Å². The smallest absolute Gasteiger partial charge is 0.397 e. The summed E-state index contributed by atoms with van der Waals surface area (Å²) < 4.78 is 4.96. The van der Waals surface area contributed by atoms with Gasteiger partial charge in [-0.1, -0.05) is 0 Å². The summed E-state index contributed by atoms with van der Waals surface area (Å²) in [6.45, 7) is 5.14. The van der Waals surface area contributed by atoms with Gasteiger partial charge < -0.3 is 10.1 Å². The SMILES string of the molecule is CSc1ccc(NC(=O)C(=O)OC(C)(C)C)cc1. The first kappa shape index (κ1) is 14.6. The molecule has 0 aliphatic carbocycles. The molecule has 0 bridgehead atoms. The van der Waals surface area contributed by atoms with Crippen molar-refractivity contribution in [3.8, 4) is 0 Å². The summed E-state index contributed by atoms with van der Waals surface area (Å²) in [6, 6.07) is 7.23. The van der Waals surface area contributed by atoms with E-state index in [1.165, 1.54) is 0 Å². The Hall–Kier alpha value is -1.49. The van der Waals surface area contributed by atoms with Crippen molar-refractivity contribution in [3.63, 3.8) is 0 Å². The van der Waals surface area contributed by atoms with E-state index in [0.717, 1.165) is 4.90 Å². The third-order valence-corrected chi connectivity index (χ3v) is 2.68. The minimum absolute atomic E-state index is 0.573. The van der Waals surface area contributed by atoms with Crippen molar-refractivity contribution in [1.29, 1.82) is 0 Å². The molecule has 1 N–H and O–H groups in total. The van der Waals surface area contributed by atoms with Crippen LogP contribution in [0.5, 0.6) is 0 Å². The van der Waals surface area contributed by atoms with Crippen LogP contribution in [-0.2, 0) is 14.3 Å². The van der Waals surface area contributed by atoms with Crippen molar-refractivity contribution < 1.29 is 14.3 Å². The Labute approximate surface area is 111 Å². The lowest BCUT2D eigenvalue weighted by atomic mass is 10.2. The predicted octanol–water partition coefficient (Wildman–Crippen LogP) is 2.69. The summed E-state index contributed by atoms with van der Waals surface area (Å²) in [4.78, 5) is 24.1. The van der Waals surface area contributed by atoms with Gasteiger partial charge in [0.2, 0.25) is 0 Å². The van der Waals surface area contributed by atoms with Gasteiger partial charge in [0.05, 0.1) is 0 Å². The van der Waals surface area contributed by atoms with E-state index in [1.54, 1.807) is 44.7 Å². The van der Waals surface area contributed by atoms with Crippen LogP contribution < -0.4 is 5.32 Å². The molecule has 0 saturated heterocycles. The van der Waals surface area contributed by atoms with Crippen molar-refractivity contribution in [2.24, 2.45) is 0 Å². The molecule has 5 heteroatoms. The molecule has 1 rings (SSSR count). The van der Waals surface area contributed by atoms with Gasteiger partial charge in [0.25, 0.3) is 0 Å². The third kappa shape index (κ3) is 4.79. The van der Waals surface area contributed by atoms with Gasteiger partial charge >= 0.3 is 11.9 Å². The standard InChI is InChI=1S/C13H17NO3S/c1-13(2,3)17-12(16)11(15)14-9-5-7-10(18-4)8-6-9/h5-8H,1-4H3,(H,14,15). The molecular formula is C13H17NO3S. The zero-order valence-corrected chi connectivity index (χ0v) is 11.8. The van der Waals surface area contributed by atoms with Crippen LogP contribution in [0.15, 0.2) is 29.2 Å². The zero-order valence-electron chi connectivity index (χ0n) is 10.9. The average Bonchev–Trinajstić information content (AvgIpc) is 2.27. The Morgan fingerprint density at radius 2 is 1.72 bits per heavy atom. The van der Waals surface area contributed by atoms with Gasteiger partial charge in [0.15, 0.2) is 0 Å². The van der Waals surface area contributed by atoms with Crippen molar-refractivity contribution in [2.75, 3.05) is 11.6 Å². The molecule has 0 aliphatic heterocycles. The zero-order chi connectivity index (χ0) is 13.8. The average molecular weight is 267 g/mol. The van der Waals surface area contributed by atoms with Crippen molar-refractivity contribution >= 4 is 29.3 Å². The summed E-state index contributed by atoms with van der Waals surface area (Å²) >= 11 is 1.61. The number of rotatable bonds is 2. The van der Waals surface area contributed by atoms with Gasteiger partial charge in [0, 0.05) is 10.6 Å². The lowest BCUT2D eigenvalue weighted by Gasteiger charge is -2.18. The summed E-state index contributed by atoms with van der Waals surface area (Å²) in [6.07, 6.45) is 1.97. The normalized spacial score (nSPS) is 10.9. The number of hydrogen-bond donors (Lipinski definition) is 1. The fourth-order valence-corrected chi connectivity index (χ4v) is 1.59. The highest BCUT2D eigenvalue weighted by atomic mass is 32.2. The van der Waals surface area contributed by atoms with Crippen LogP contribution in [0.1, 0.15) is 20.8 Å². The fourth-order valence-electron chi connectivity index (χ4n) is 1.18. The van der Waals surface area contributed by atoms with E-state index in [9.17, 15) is 9.59 Å². The number of amides is 1. The second kappa shape index (κ2) is 5.91. The molecule has 98 valence electrons. The third-order valence-electron chi connectivity index (χ3n) is 1.93. The second-order valence-corrected chi connectivity index (χ2v) is 5.56. The van der Waals surface area contributed by atoms with Crippen LogP contribution in [0, 0.1) is 0 Å². The van der Waals surface area contributed by atoms with Crippen molar-refractivity contribution in [1.82, 2.24) is 0 Å². The number of nitrogens with one attached hydrogen (secondary N) is 1. The highest BCUT2D eigenvalue weighted by molar-refractivity contribution is 7.98. The van der Waals surface area contributed by atoms with Crippen LogP contribution in [0.4, 0.5) is 5.69 Å². The Morgan fingerprint density at radius 3 is 2.17 bits per heavy atom. The second-order valence-electron chi connectivity index (χ2n) is 4.68. The Morgan fingerprint density at radius 1 is 1.17 bits per heavy atom. The quantitative estimate of drug-likeness (QED) is 0.508. The number of anilines is 1. The van der Waals surface area contributed by atoms with Crippen LogP contribution in [-0.4, -0.2) is 23.7 Å². The minimum Gasteiger partial charge on any atom is -0.453 e. The first-order valence-electron chi connectivity index (χ1n) is 5.50. The predicted molar refractivity (Wildman–Crippen MR) is 72.7 cm³/mol. The summed E-state index contributed by atoms with van der Waals surface area (Å²) in [5.41, 5.74) is -0.0967. The molecule has 1 aromatic rings. The van der Waals surface area contributed by atoms with Gasteiger partial charge in [-0.05, 0) is 51.3 Å². The number of hydrogen-bond acceptors (Lipinski definition) is 4. The van der Waals surface area contributed by atoms with Gasteiger partial charge in [-0.25, -0.2) is 4.79 Å². The minimum atomic E-state index is -0.878. The molecule has 4 nitrogen and oxygen atoms in total. The monoisotopic (exact) mass is 267 g/mol. The lowest BCUT2D eigenvalue weighted by molar-refractivity contribution is -0.161. The molecule has 0 unspecified atom stereocenters. The maximum atomic E-state index is 11.6. The summed E-state index contributed by atoms with van der Waals surface area (Å²) in [7, 11) is 0. The number of esters is 1. The first-order valence-corrected chi connectivity index (χ1v) is 6.72. The van der Waals surface area contributed by atoms with Gasteiger partial charge in [-0.3, -0.25) is 4.79 Å². The number of carbonyl (C=O) groups excluding carboxylic acids is 2. The molecule has 0 aliphatic rings. The van der Waals surface area contributed by atoms with Crippen LogP contribution in [0.2, 0.25) is 0 Å². The molecule has 0 aromatic heterocycles. The molecular weight excluding hydrogens is 250 g/mol. The van der Waals surface area contributed by atoms with Gasteiger partial charge in [0.1, 0.15) is 5.60 Å². The Kier molecular flexibility index (Phi) is 4.78. The number of carbonyl (C=O) groups is 2. The highest BCUT2D eigenvalue weighted by Crippen LogP contribution is 2.17. The van der Waals surface area contributed by atoms with E-state index < -0.39 is 17.5 Å². The molecule has 1 aromatic carbocycles. The molecule has 0 saturated carbocycles. The van der Waals surface area contributed by atoms with Crippen molar-refractivity contribution in [3.05, 3.63) is 24.3 Å². The topological polar surface area (TPSA) is 55.4 Å². The van der Waals surface area contributed by atoms with E-state index in [0.29, 0.717) is 5.69 Å². The van der Waals surface area contributed by atoms with E-state index in [1.807, 2.05) is 18.4 Å². The van der Waals surface area contributed by atoms with Crippen LogP contribution >= 0.6 is 11.8 Å². The summed E-state index contributed by atoms with van der Waals surface area (Å²) in [5.74, 6) is -1.64. The molecule has 0 heterocycles. The van der Waals surface area contributed by atoms with E-state index in [2.05, 4.69) is 5.32 Å². The fraction of sp³-hybridized carbons (Fsp3) is 0.385. The van der Waals surface area contributed by atoms with Gasteiger partial charge in [-0.2, -0.15) is 0 Å². The van der Waals surface area contributed by atoms with Crippen LogP contribution in [0.25, 0.3) is 0 Å². The lowest BCUT2D eigenvalue weighted by Crippen LogP contribution is -2.32. The number of benzene rings is 1. The maximum absolute atomic E-state index is 11.6. The maximum Gasteiger partial charge on any atom is 0.397 e. The summed E-state index contributed by atoms with van der Waals surface area (Å²) in [5, 5.41) is 2.49. The van der Waals surface area contributed by atoms with E-state index in [-0.39, 0.29) is 0 Å². The molecule has 0 atom stereocenters. The highest BCUT2D eigenvalue weighted by Gasteiger charge is 2.22. The largest absolute Gasteiger partial charge is 0.453 e. The number of thioether (sulfide) groups is 1. The molecule has 1 amide bonds. The van der Waals surface area contributed by atoms with E-state index >= 15 is 0 Å². The first-order chi connectivity index (χ1) is 8.31. The molecule has 0 radical (unpaired) electrons. The Balaban J connectivity index is 2.61. The molecule has 0 fully saturated rings. The Bertz CT molecular complexity index is 435. The molecule has 18 heavy (non-hydrogen) atoms. The molecule has 0 spiro atoms. The number of ether oxygens (including phenoxy) is 1. The van der Waals surface area contributed by atoms with E-state index in [4.69, 9.17) is 4.74 Å². The van der Waals surface area contributed by atoms with Crippen molar-refractivity contribution in [2.45, 2.75) is 31.3 Å².